The van der Waals surface area contributed by atoms with Gasteiger partial charge in [-0.2, -0.15) is 0 Å². The highest BCUT2D eigenvalue weighted by atomic mass is 16.5. The molecule has 2 heteroatoms. The second-order valence-electron chi connectivity index (χ2n) is 12.1. The zero-order chi connectivity index (χ0) is 29.7. The number of unbranched alkanes of at least 4 members (excludes halogenated alkanes) is 11. The van der Waals surface area contributed by atoms with Gasteiger partial charge in [-0.05, 0) is 111 Å². The topological polar surface area (TPSA) is 26.3 Å². The van der Waals surface area contributed by atoms with E-state index in [4.69, 9.17) is 4.74 Å². The van der Waals surface area contributed by atoms with Crippen molar-refractivity contribution in [1.82, 2.24) is 0 Å². The summed E-state index contributed by atoms with van der Waals surface area (Å²) in [6.07, 6.45) is 37.6. The van der Waals surface area contributed by atoms with Crippen LogP contribution in [0.15, 0.2) is 58.7 Å². The third kappa shape index (κ3) is 29.2. The predicted molar refractivity (Wildman–Crippen MR) is 179 cm³/mol. The van der Waals surface area contributed by atoms with Gasteiger partial charge in [0.25, 0.3) is 0 Å². The summed E-state index contributed by atoms with van der Waals surface area (Å²) < 4.78 is 5.43. The van der Waals surface area contributed by atoms with Gasteiger partial charge in [0.15, 0.2) is 0 Å². The molecular weight excluding hydrogens is 488 g/mol. The summed E-state index contributed by atoms with van der Waals surface area (Å²) in [5.74, 6) is -0.0505. The summed E-state index contributed by atoms with van der Waals surface area (Å²) in [6, 6.07) is 0. The minimum Gasteiger partial charge on any atom is -0.461 e. The van der Waals surface area contributed by atoms with Crippen LogP contribution >= 0.6 is 0 Å². The first-order valence-corrected chi connectivity index (χ1v) is 16.8. The minimum atomic E-state index is -0.0505. The summed E-state index contributed by atoms with van der Waals surface area (Å²) in [5, 5.41) is 0. The Hall–Kier alpha value is -1.83. The Morgan fingerprint density at radius 2 is 0.950 bits per heavy atom. The fraction of sp³-hybridized carbons (Fsp3) is 0.711. The van der Waals surface area contributed by atoms with E-state index < -0.39 is 0 Å². The maximum atomic E-state index is 12.0. The van der Waals surface area contributed by atoms with E-state index in [0.29, 0.717) is 13.0 Å². The molecule has 0 aliphatic carbocycles. The highest BCUT2D eigenvalue weighted by molar-refractivity contribution is 5.69. The van der Waals surface area contributed by atoms with Crippen molar-refractivity contribution in [2.75, 3.05) is 6.61 Å². The van der Waals surface area contributed by atoms with Crippen molar-refractivity contribution in [3.05, 3.63) is 58.7 Å². The fourth-order valence-electron chi connectivity index (χ4n) is 4.68. The van der Waals surface area contributed by atoms with Gasteiger partial charge in [-0.15, -0.1) is 0 Å². The maximum absolute atomic E-state index is 12.0. The van der Waals surface area contributed by atoms with Gasteiger partial charge >= 0.3 is 5.97 Å². The smallest absolute Gasteiger partial charge is 0.306 e. The number of carbonyl (C=O) groups excluding carboxylic acids is 1. The van der Waals surface area contributed by atoms with E-state index in [0.717, 1.165) is 44.9 Å². The molecule has 0 spiro atoms. The van der Waals surface area contributed by atoms with Gasteiger partial charge in [0.2, 0.25) is 0 Å². The molecule has 0 unspecified atom stereocenters. The molecule has 0 N–H and O–H groups in total. The maximum Gasteiger partial charge on any atom is 0.306 e. The standard InChI is InChI=1S/C38H66O2/c1-7-8-9-10-11-12-13-14-15-16-17-18-19-20-21-31-38(39)40-33-32-37(6)30-24-29-36(5)28-23-27-35(4)26-22-25-34(2)3/h12-13,25,27,29,32H,7-11,14-24,26,28,30-31,33H2,1-6H3/b13-12+,35-27+,36-29?,37-32+. The molecule has 0 bridgehead atoms. The first kappa shape index (κ1) is 38.2. The van der Waals surface area contributed by atoms with Gasteiger partial charge in [0, 0.05) is 6.42 Å². The van der Waals surface area contributed by atoms with E-state index in [1.165, 1.54) is 99.3 Å². The molecule has 0 rings (SSSR count). The minimum absolute atomic E-state index is 0.0505. The molecule has 0 radical (unpaired) electrons. The lowest BCUT2D eigenvalue weighted by Crippen LogP contribution is -2.04. The summed E-state index contributed by atoms with van der Waals surface area (Å²) >= 11 is 0. The molecule has 2 nitrogen and oxygen atoms in total. The summed E-state index contributed by atoms with van der Waals surface area (Å²) in [7, 11) is 0. The lowest BCUT2D eigenvalue weighted by molar-refractivity contribution is -0.142. The van der Waals surface area contributed by atoms with Crippen LogP contribution in [0.5, 0.6) is 0 Å². The van der Waals surface area contributed by atoms with E-state index >= 15 is 0 Å². The van der Waals surface area contributed by atoms with Gasteiger partial charge in [0.05, 0.1) is 0 Å². The van der Waals surface area contributed by atoms with Crippen LogP contribution < -0.4 is 0 Å². The third-order valence-corrected chi connectivity index (χ3v) is 7.47. The molecule has 0 aromatic carbocycles. The Bertz CT molecular complexity index is 758. The molecular formula is C38H66O2. The molecule has 40 heavy (non-hydrogen) atoms. The van der Waals surface area contributed by atoms with Crippen molar-refractivity contribution >= 4 is 5.97 Å². The fourth-order valence-corrected chi connectivity index (χ4v) is 4.68. The molecule has 0 heterocycles. The highest BCUT2D eigenvalue weighted by Gasteiger charge is 2.02. The molecule has 0 aliphatic rings. The third-order valence-electron chi connectivity index (χ3n) is 7.47. The number of ether oxygens (including phenoxy) is 1. The van der Waals surface area contributed by atoms with Gasteiger partial charge in [-0.25, -0.2) is 0 Å². The monoisotopic (exact) mass is 555 g/mol. The molecule has 230 valence electrons. The SMILES string of the molecule is CCCCCC/C=C/CCCCCCCCCC(=O)OC/C=C(\C)CCC=C(C)CC/C=C(\C)CCC=C(C)C. The Labute approximate surface area is 250 Å². The van der Waals surface area contributed by atoms with Crippen molar-refractivity contribution in [1.29, 1.82) is 0 Å². The number of carbonyl (C=O) groups is 1. The number of hydrogen-bond acceptors (Lipinski definition) is 2. The summed E-state index contributed by atoms with van der Waals surface area (Å²) in [6.45, 7) is 13.6. The lowest BCUT2D eigenvalue weighted by atomic mass is 10.0. The van der Waals surface area contributed by atoms with Crippen molar-refractivity contribution in [3.8, 4) is 0 Å². The predicted octanol–water partition coefficient (Wildman–Crippen LogP) is 12.7. The molecule has 0 atom stereocenters. The van der Waals surface area contributed by atoms with E-state index in [1.54, 1.807) is 0 Å². The van der Waals surface area contributed by atoms with Crippen molar-refractivity contribution in [3.63, 3.8) is 0 Å². The molecule has 0 aliphatic heterocycles. The average molecular weight is 555 g/mol. The van der Waals surface area contributed by atoms with Crippen LogP contribution in [0.25, 0.3) is 0 Å². The van der Waals surface area contributed by atoms with Crippen LogP contribution in [0.4, 0.5) is 0 Å². The molecule has 0 aromatic rings. The molecule has 0 aromatic heterocycles. The van der Waals surface area contributed by atoms with Crippen molar-refractivity contribution in [2.24, 2.45) is 0 Å². The van der Waals surface area contributed by atoms with Crippen molar-refractivity contribution < 1.29 is 9.53 Å². The van der Waals surface area contributed by atoms with Crippen LogP contribution in [0.2, 0.25) is 0 Å². The van der Waals surface area contributed by atoms with Crippen LogP contribution in [0, 0.1) is 0 Å². The number of hydrogen-bond donors (Lipinski definition) is 0. The van der Waals surface area contributed by atoms with Gasteiger partial charge in [-0.1, -0.05) is 111 Å². The van der Waals surface area contributed by atoms with E-state index in [-0.39, 0.29) is 5.97 Å². The summed E-state index contributed by atoms with van der Waals surface area (Å²) in [4.78, 5) is 12.0. The zero-order valence-corrected chi connectivity index (χ0v) is 27.6. The van der Waals surface area contributed by atoms with Crippen molar-refractivity contribution in [2.45, 2.75) is 170 Å². The average Bonchev–Trinajstić information content (AvgIpc) is 2.90. The lowest BCUT2D eigenvalue weighted by Gasteiger charge is -2.05. The van der Waals surface area contributed by atoms with Crippen LogP contribution in [0.3, 0.4) is 0 Å². The Morgan fingerprint density at radius 3 is 1.48 bits per heavy atom. The Kier molecular flexibility index (Phi) is 27.4. The number of allylic oxidation sites excluding steroid dienone is 9. The Morgan fingerprint density at radius 1 is 0.500 bits per heavy atom. The first-order valence-electron chi connectivity index (χ1n) is 16.8. The van der Waals surface area contributed by atoms with E-state index in [1.807, 2.05) is 0 Å². The molecule has 0 fully saturated rings. The Balaban J connectivity index is 3.70. The van der Waals surface area contributed by atoms with E-state index in [2.05, 4.69) is 78.0 Å². The second-order valence-corrected chi connectivity index (χ2v) is 12.1. The zero-order valence-electron chi connectivity index (χ0n) is 27.6. The van der Waals surface area contributed by atoms with Crippen LogP contribution in [-0.2, 0) is 9.53 Å². The normalized spacial score (nSPS) is 12.8. The van der Waals surface area contributed by atoms with Gasteiger partial charge in [0.1, 0.15) is 6.61 Å². The molecule has 0 saturated carbocycles. The molecule has 0 amide bonds. The highest BCUT2D eigenvalue weighted by Crippen LogP contribution is 2.14. The first-order chi connectivity index (χ1) is 19.3. The number of rotatable bonds is 26. The quantitative estimate of drug-likeness (QED) is 0.0603. The van der Waals surface area contributed by atoms with E-state index in [9.17, 15) is 4.79 Å². The van der Waals surface area contributed by atoms with Gasteiger partial charge in [-0.3, -0.25) is 4.79 Å². The molecule has 0 saturated heterocycles. The van der Waals surface area contributed by atoms with Gasteiger partial charge < -0.3 is 4.74 Å². The summed E-state index contributed by atoms with van der Waals surface area (Å²) in [5.41, 5.74) is 5.67. The van der Waals surface area contributed by atoms with Crippen LogP contribution in [-0.4, -0.2) is 12.6 Å². The number of esters is 1. The second kappa shape index (κ2) is 28.7. The van der Waals surface area contributed by atoms with Crippen LogP contribution in [0.1, 0.15) is 170 Å². The largest absolute Gasteiger partial charge is 0.461 e.